The molecule has 2 amide bonds. The van der Waals surface area contributed by atoms with Crippen molar-refractivity contribution in [1.82, 2.24) is 15.5 Å². The summed E-state index contributed by atoms with van der Waals surface area (Å²) in [5.74, 6) is 0.528. The summed E-state index contributed by atoms with van der Waals surface area (Å²) in [7, 11) is 1.63. The van der Waals surface area contributed by atoms with E-state index in [4.69, 9.17) is 4.74 Å². The van der Waals surface area contributed by atoms with Crippen LogP contribution in [0.4, 0.5) is 0 Å². The van der Waals surface area contributed by atoms with E-state index in [1.54, 1.807) is 13.2 Å². The van der Waals surface area contributed by atoms with Crippen LogP contribution in [0.2, 0.25) is 0 Å². The molecule has 0 radical (unpaired) electrons. The van der Waals surface area contributed by atoms with Gasteiger partial charge in [-0.25, -0.2) is 0 Å². The van der Waals surface area contributed by atoms with E-state index < -0.39 is 6.04 Å². The summed E-state index contributed by atoms with van der Waals surface area (Å²) in [6.07, 6.45) is 1.76. The van der Waals surface area contributed by atoms with Crippen LogP contribution < -0.4 is 15.4 Å². The Bertz CT molecular complexity index is 574. The number of methoxy groups -OCH3 is 1. The monoisotopic (exact) mass is 317 g/mol. The molecule has 1 fully saturated rings. The molecule has 0 unspecified atom stereocenters. The SMILES string of the molecule is C=CCNC(=O)C[C@@H]1C(=O)NCCN1Cc1cccc(OC)c1. The van der Waals surface area contributed by atoms with Gasteiger partial charge in [-0.3, -0.25) is 14.5 Å². The van der Waals surface area contributed by atoms with Gasteiger partial charge in [0, 0.05) is 26.2 Å². The van der Waals surface area contributed by atoms with Crippen LogP contribution in [0.5, 0.6) is 5.75 Å². The fourth-order valence-corrected chi connectivity index (χ4v) is 2.61. The molecule has 23 heavy (non-hydrogen) atoms. The molecule has 0 spiro atoms. The Balaban J connectivity index is 2.05. The third kappa shape index (κ3) is 4.82. The lowest BCUT2D eigenvalue weighted by molar-refractivity contribution is -0.134. The first-order valence-electron chi connectivity index (χ1n) is 7.66. The molecular formula is C17H23N3O3. The summed E-state index contributed by atoms with van der Waals surface area (Å²) in [6, 6.07) is 7.28. The lowest BCUT2D eigenvalue weighted by Gasteiger charge is -2.34. The average molecular weight is 317 g/mol. The standard InChI is InChI=1S/C17H23N3O3/c1-3-7-18-16(21)11-15-17(22)19-8-9-20(15)12-13-5-4-6-14(10-13)23-2/h3-6,10,15H,1,7-9,11-12H2,2H3,(H,18,21)(H,19,22)/t15-/m1/s1. The number of hydrogen-bond acceptors (Lipinski definition) is 4. The van der Waals surface area contributed by atoms with E-state index in [-0.39, 0.29) is 18.2 Å². The van der Waals surface area contributed by atoms with Crippen molar-refractivity contribution in [3.05, 3.63) is 42.5 Å². The van der Waals surface area contributed by atoms with E-state index in [9.17, 15) is 9.59 Å². The minimum Gasteiger partial charge on any atom is -0.497 e. The maximum Gasteiger partial charge on any atom is 0.237 e. The van der Waals surface area contributed by atoms with Gasteiger partial charge in [0.2, 0.25) is 11.8 Å². The van der Waals surface area contributed by atoms with Crippen LogP contribution in [-0.2, 0) is 16.1 Å². The van der Waals surface area contributed by atoms with Gasteiger partial charge < -0.3 is 15.4 Å². The Labute approximate surface area is 136 Å². The quantitative estimate of drug-likeness (QED) is 0.726. The summed E-state index contributed by atoms with van der Waals surface area (Å²) in [6.45, 7) is 5.87. The van der Waals surface area contributed by atoms with Crippen molar-refractivity contribution in [2.24, 2.45) is 0 Å². The maximum atomic E-state index is 12.1. The zero-order valence-electron chi connectivity index (χ0n) is 13.4. The van der Waals surface area contributed by atoms with E-state index in [1.165, 1.54) is 0 Å². The predicted octanol–water partition coefficient (Wildman–Crippen LogP) is 0.688. The van der Waals surface area contributed by atoms with Gasteiger partial charge in [0.15, 0.2) is 0 Å². The van der Waals surface area contributed by atoms with Crippen molar-refractivity contribution >= 4 is 11.8 Å². The van der Waals surface area contributed by atoms with Gasteiger partial charge in [-0.15, -0.1) is 6.58 Å². The summed E-state index contributed by atoms with van der Waals surface area (Å²) < 4.78 is 5.23. The largest absolute Gasteiger partial charge is 0.497 e. The maximum absolute atomic E-state index is 12.1. The van der Waals surface area contributed by atoms with Gasteiger partial charge >= 0.3 is 0 Å². The molecule has 0 bridgehead atoms. The molecule has 1 aromatic carbocycles. The van der Waals surface area contributed by atoms with Crippen LogP contribution in [0.3, 0.4) is 0 Å². The normalized spacial score (nSPS) is 18.1. The number of nitrogens with one attached hydrogen (secondary N) is 2. The van der Waals surface area contributed by atoms with Crippen molar-refractivity contribution in [2.75, 3.05) is 26.7 Å². The number of rotatable bonds is 7. The molecule has 1 heterocycles. The highest BCUT2D eigenvalue weighted by molar-refractivity contribution is 5.88. The first-order valence-corrected chi connectivity index (χ1v) is 7.66. The summed E-state index contributed by atoms with van der Waals surface area (Å²) in [5, 5.41) is 5.55. The number of piperazine rings is 1. The van der Waals surface area contributed by atoms with Gasteiger partial charge in [-0.2, -0.15) is 0 Å². The molecule has 0 aromatic heterocycles. The van der Waals surface area contributed by atoms with Crippen LogP contribution in [0.25, 0.3) is 0 Å². The zero-order valence-corrected chi connectivity index (χ0v) is 13.4. The molecule has 1 aromatic rings. The lowest BCUT2D eigenvalue weighted by Crippen LogP contribution is -2.56. The molecular weight excluding hydrogens is 294 g/mol. The summed E-state index contributed by atoms with van der Waals surface area (Å²) >= 11 is 0. The zero-order chi connectivity index (χ0) is 16.7. The predicted molar refractivity (Wildman–Crippen MR) is 88.0 cm³/mol. The van der Waals surface area contributed by atoms with Crippen LogP contribution in [-0.4, -0.2) is 49.5 Å². The number of nitrogens with zero attached hydrogens (tertiary/aromatic N) is 1. The first-order chi connectivity index (χ1) is 11.1. The second-order valence-electron chi connectivity index (χ2n) is 5.43. The van der Waals surface area contributed by atoms with Crippen LogP contribution in [0.1, 0.15) is 12.0 Å². The number of hydrogen-bond donors (Lipinski definition) is 2. The van der Waals surface area contributed by atoms with Crippen molar-refractivity contribution in [1.29, 1.82) is 0 Å². The second kappa shape index (κ2) is 8.33. The van der Waals surface area contributed by atoms with E-state index in [0.29, 0.717) is 26.2 Å². The van der Waals surface area contributed by atoms with E-state index in [1.807, 2.05) is 29.2 Å². The Kier molecular flexibility index (Phi) is 6.17. The molecule has 0 saturated carbocycles. The molecule has 1 aliphatic heterocycles. The Hall–Kier alpha value is -2.34. The Morgan fingerprint density at radius 1 is 1.57 bits per heavy atom. The Morgan fingerprint density at radius 2 is 2.39 bits per heavy atom. The second-order valence-corrected chi connectivity index (χ2v) is 5.43. The molecule has 2 N–H and O–H groups in total. The van der Waals surface area contributed by atoms with E-state index in [0.717, 1.165) is 11.3 Å². The summed E-state index contributed by atoms with van der Waals surface area (Å²) in [5.41, 5.74) is 1.05. The fraction of sp³-hybridized carbons (Fsp3) is 0.412. The fourth-order valence-electron chi connectivity index (χ4n) is 2.61. The van der Waals surface area contributed by atoms with E-state index in [2.05, 4.69) is 17.2 Å². The molecule has 6 heteroatoms. The van der Waals surface area contributed by atoms with Gasteiger partial charge in [0.25, 0.3) is 0 Å². The van der Waals surface area contributed by atoms with Crippen molar-refractivity contribution in [3.63, 3.8) is 0 Å². The highest BCUT2D eigenvalue weighted by Crippen LogP contribution is 2.17. The molecule has 0 aliphatic carbocycles. The number of benzene rings is 1. The van der Waals surface area contributed by atoms with Crippen LogP contribution >= 0.6 is 0 Å². The minimum atomic E-state index is -0.459. The number of amides is 2. The van der Waals surface area contributed by atoms with Gasteiger partial charge in [0.1, 0.15) is 5.75 Å². The summed E-state index contributed by atoms with van der Waals surface area (Å²) in [4.78, 5) is 26.1. The van der Waals surface area contributed by atoms with Gasteiger partial charge in [-0.1, -0.05) is 18.2 Å². The third-order valence-corrected chi connectivity index (χ3v) is 3.78. The van der Waals surface area contributed by atoms with Crippen LogP contribution in [0, 0.1) is 0 Å². The molecule has 1 aliphatic rings. The van der Waals surface area contributed by atoms with E-state index >= 15 is 0 Å². The van der Waals surface area contributed by atoms with Crippen LogP contribution in [0.15, 0.2) is 36.9 Å². The van der Waals surface area contributed by atoms with Gasteiger partial charge in [-0.05, 0) is 17.7 Å². The molecule has 6 nitrogen and oxygen atoms in total. The first kappa shape index (κ1) is 17.0. The minimum absolute atomic E-state index is 0.104. The number of ether oxygens (including phenoxy) is 1. The van der Waals surface area contributed by atoms with Gasteiger partial charge in [0.05, 0.1) is 19.6 Å². The lowest BCUT2D eigenvalue weighted by atomic mass is 10.1. The molecule has 2 rings (SSSR count). The van der Waals surface area contributed by atoms with Crippen molar-refractivity contribution < 1.29 is 14.3 Å². The Morgan fingerprint density at radius 3 is 3.13 bits per heavy atom. The smallest absolute Gasteiger partial charge is 0.237 e. The highest BCUT2D eigenvalue weighted by Gasteiger charge is 2.31. The average Bonchev–Trinajstić information content (AvgIpc) is 2.56. The number of carbonyl (C=O) groups excluding carboxylic acids is 2. The van der Waals surface area contributed by atoms with Crippen molar-refractivity contribution in [3.8, 4) is 5.75 Å². The highest BCUT2D eigenvalue weighted by atomic mass is 16.5. The molecule has 1 atom stereocenters. The third-order valence-electron chi connectivity index (χ3n) is 3.78. The molecule has 1 saturated heterocycles. The molecule has 124 valence electrons. The topological polar surface area (TPSA) is 70.7 Å². The van der Waals surface area contributed by atoms with Crippen molar-refractivity contribution in [2.45, 2.75) is 19.0 Å². The number of carbonyl (C=O) groups is 2.